The van der Waals surface area contributed by atoms with E-state index in [0.29, 0.717) is 19.5 Å². The van der Waals surface area contributed by atoms with E-state index in [1.807, 2.05) is 45.7 Å². The smallest absolute Gasteiger partial charge is 0.280 e. The van der Waals surface area contributed by atoms with Crippen molar-refractivity contribution < 1.29 is 24.5 Å². The van der Waals surface area contributed by atoms with Crippen LogP contribution in [0.25, 0.3) is 16.5 Å². The Bertz CT molecular complexity index is 1450. The number of aromatic amines is 1. The van der Waals surface area contributed by atoms with E-state index in [1.165, 1.54) is 15.8 Å². The molecule has 7 unspecified atom stereocenters. The van der Waals surface area contributed by atoms with Gasteiger partial charge in [-0.25, -0.2) is 0 Å². The van der Waals surface area contributed by atoms with Crippen LogP contribution in [0, 0.1) is 17.8 Å². The van der Waals surface area contributed by atoms with Gasteiger partial charge in [-0.15, -0.1) is 0 Å². The molecule has 5 aliphatic rings. The Kier molecular flexibility index (Phi) is 6.03. The molecule has 2 aromatic rings. The zero-order chi connectivity index (χ0) is 29.0. The largest absolute Gasteiger partial charge is 0.376 e. The number of hydrogen-bond donors (Lipinski definition) is 4. The molecule has 0 spiro atoms. The maximum atomic E-state index is 14.4. The number of likely N-dealkylation sites (N-methyl/N-ethyl adjacent to an activating group) is 1. The average Bonchev–Trinajstić information content (AvgIpc) is 3.64. The number of amides is 2. The van der Waals surface area contributed by atoms with Crippen molar-refractivity contribution in [3.8, 4) is 0 Å². The van der Waals surface area contributed by atoms with Gasteiger partial charge in [0.05, 0.1) is 18.0 Å². The zero-order valence-electron chi connectivity index (χ0n) is 24.4. The van der Waals surface area contributed by atoms with Gasteiger partial charge in [0, 0.05) is 42.1 Å². The molecule has 41 heavy (non-hydrogen) atoms. The van der Waals surface area contributed by atoms with Gasteiger partial charge in [-0.2, -0.15) is 0 Å². The molecule has 0 bridgehead atoms. The van der Waals surface area contributed by atoms with Crippen LogP contribution < -0.4 is 5.32 Å². The molecule has 1 aromatic heterocycles. The molecule has 0 radical (unpaired) electrons. The monoisotopic (exact) mass is 563 g/mol. The van der Waals surface area contributed by atoms with Crippen molar-refractivity contribution in [3.63, 3.8) is 0 Å². The van der Waals surface area contributed by atoms with Gasteiger partial charge in [-0.05, 0) is 55.0 Å². The average molecular weight is 564 g/mol. The molecule has 10 heteroatoms. The number of nitrogens with zero attached hydrogens (tertiary/aromatic N) is 3. The third-order valence-corrected chi connectivity index (χ3v) is 10.3. The second-order valence-corrected chi connectivity index (χ2v) is 13.3. The fourth-order valence-corrected chi connectivity index (χ4v) is 8.19. The number of benzene rings is 1. The summed E-state index contributed by atoms with van der Waals surface area (Å²) in [7, 11) is 2.04. The molecule has 10 nitrogen and oxygen atoms in total. The SMILES string of the molecule is CC(C)C1C(O)N2CCCC2C2(O)OC(NC(=O)C3C=C4c5cccc6[nH]cc(c56)CC4N(C)C3)(C(C)C)C(=O)N12. The third-order valence-electron chi connectivity index (χ3n) is 10.3. The topological polar surface area (TPSA) is 121 Å². The van der Waals surface area contributed by atoms with Crippen molar-refractivity contribution >= 4 is 28.3 Å². The van der Waals surface area contributed by atoms with E-state index in [9.17, 15) is 19.8 Å². The van der Waals surface area contributed by atoms with Crippen LogP contribution in [0.4, 0.5) is 0 Å². The molecule has 1 aliphatic carbocycles. The third kappa shape index (κ3) is 3.61. The van der Waals surface area contributed by atoms with Gasteiger partial charge in [-0.1, -0.05) is 45.9 Å². The highest BCUT2D eigenvalue weighted by Gasteiger charge is 2.72. The summed E-state index contributed by atoms with van der Waals surface area (Å²) in [4.78, 5) is 37.3. The number of ether oxygens (including phenoxy) is 1. The summed E-state index contributed by atoms with van der Waals surface area (Å²) in [5, 5.41) is 27.6. The number of aromatic nitrogens is 1. The van der Waals surface area contributed by atoms with Gasteiger partial charge in [0.1, 0.15) is 6.23 Å². The molecule has 3 saturated heterocycles. The van der Waals surface area contributed by atoms with Crippen LogP contribution in [0.1, 0.15) is 51.7 Å². The zero-order valence-corrected chi connectivity index (χ0v) is 24.4. The number of aliphatic hydroxyl groups is 2. The molecule has 7 rings (SSSR count). The minimum Gasteiger partial charge on any atom is -0.376 e. The Hall–Kier alpha value is -2.76. The summed E-state index contributed by atoms with van der Waals surface area (Å²) < 4.78 is 6.44. The highest BCUT2D eigenvalue weighted by atomic mass is 16.7. The first-order valence-corrected chi connectivity index (χ1v) is 15.0. The summed E-state index contributed by atoms with van der Waals surface area (Å²) in [6.07, 6.45) is 5.44. The molecule has 7 atom stereocenters. The Labute approximate surface area is 240 Å². The lowest BCUT2D eigenvalue weighted by atomic mass is 9.79. The van der Waals surface area contributed by atoms with Crippen LogP contribution >= 0.6 is 0 Å². The fraction of sp³-hybridized carbons (Fsp3) is 0.613. The summed E-state index contributed by atoms with van der Waals surface area (Å²) in [6.45, 7) is 8.60. The van der Waals surface area contributed by atoms with Gasteiger partial charge in [0.15, 0.2) is 0 Å². The van der Waals surface area contributed by atoms with E-state index >= 15 is 0 Å². The summed E-state index contributed by atoms with van der Waals surface area (Å²) in [5.74, 6) is -3.90. The quantitative estimate of drug-likeness (QED) is 0.448. The van der Waals surface area contributed by atoms with E-state index in [0.717, 1.165) is 29.5 Å². The Morgan fingerprint density at radius 2 is 2.02 bits per heavy atom. The Morgan fingerprint density at radius 3 is 2.76 bits per heavy atom. The van der Waals surface area contributed by atoms with E-state index in [1.54, 1.807) is 0 Å². The summed E-state index contributed by atoms with van der Waals surface area (Å²) in [6, 6.07) is 5.13. The van der Waals surface area contributed by atoms with Crippen LogP contribution in [0.3, 0.4) is 0 Å². The van der Waals surface area contributed by atoms with Gasteiger partial charge < -0.3 is 20.5 Å². The van der Waals surface area contributed by atoms with Gasteiger partial charge in [0.2, 0.25) is 11.6 Å². The molecular formula is C31H41N5O5. The minimum atomic E-state index is -1.95. The number of carbonyl (C=O) groups is 2. The summed E-state index contributed by atoms with van der Waals surface area (Å²) >= 11 is 0. The lowest BCUT2D eigenvalue weighted by Gasteiger charge is -2.53. The normalized spacial score (nSPS) is 37.0. The van der Waals surface area contributed by atoms with Crippen LogP contribution in [0.5, 0.6) is 0 Å². The standard InChI is InChI=1S/C31H41N5O5/c1-16(2)26-28(38)35-11-7-10-24(35)31(40)36(26)29(39)30(41-31,17(3)4)33-27(37)19-12-21-20-8-6-9-22-25(20)18(14-32-22)13-23(21)34(5)15-19/h6,8-9,12,14,16-17,19,23-24,26,28,32,38,40H,7,10-11,13,15H2,1-5H3,(H,33,37). The number of rotatable bonds is 4. The van der Waals surface area contributed by atoms with Gasteiger partial charge in [-0.3, -0.25) is 29.0 Å². The molecule has 2 amide bonds. The van der Waals surface area contributed by atoms with Crippen molar-refractivity contribution in [1.82, 2.24) is 25.0 Å². The number of nitrogens with one attached hydrogen (secondary N) is 2. The molecule has 1 aromatic carbocycles. The Morgan fingerprint density at radius 1 is 1.24 bits per heavy atom. The first-order valence-electron chi connectivity index (χ1n) is 15.0. The number of H-pyrrole nitrogens is 1. The van der Waals surface area contributed by atoms with Crippen molar-refractivity contribution in [2.75, 3.05) is 20.1 Å². The fourth-order valence-electron chi connectivity index (χ4n) is 8.19. The lowest BCUT2D eigenvalue weighted by Crippen LogP contribution is -2.73. The molecule has 220 valence electrons. The lowest BCUT2D eigenvalue weighted by molar-refractivity contribution is -0.351. The highest BCUT2D eigenvalue weighted by Crippen LogP contribution is 2.49. The molecule has 5 heterocycles. The molecule has 4 N–H and O–H groups in total. The van der Waals surface area contributed by atoms with Gasteiger partial charge >= 0.3 is 0 Å². The summed E-state index contributed by atoms with van der Waals surface area (Å²) in [5.41, 5.74) is 2.86. The Balaban J connectivity index is 1.25. The van der Waals surface area contributed by atoms with E-state index in [2.05, 4.69) is 39.6 Å². The predicted molar refractivity (Wildman–Crippen MR) is 153 cm³/mol. The number of carbonyl (C=O) groups excluding carboxylic acids is 2. The van der Waals surface area contributed by atoms with Crippen LogP contribution in [-0.4, -0.2) is 97.8 Å². The maximum absolute atomic E-state index is 14.4. The van der Waals surface area contributed by atoms with Crippen molar-refractivity contribution in [1.29, 1.82) is 0 Å². The number of piperazine rings is 1. The van der Waals surface area contributed by atoms with Gasteiger partial charge in [0.25, 0.3) is 11.8 Å². The minimum absolute atomic E-state index is 0.148. The first kappa shape index (κ1) is 27.1. The van der Waals surface area contributed by atoms with Crippen molar-refractivity contribution in [2.24, 2.45) is 17.8 Å². The van der Waals surface area contributed by atoms with Crippen LogP contribution in [0.2, 0.25) is 0 Å². The first-order chi connectivity index (χ1) is 19.5. The number of fused-ring (bicyclic) bond motifs is 5. The molecular weight excluding hydrogens is 522 g/mol. The van der Waals surface area contributed by atoms with Crippen LogP contribution in [-0.2, 0) is 20.7 Å². The van der Waals surface area contributed by atoms with Crippen molar-refractivity contribution in [3.05, 3.63) is 41.6 Å². The maximum Gasteiger partial charge on any atom is 0.280 e. The van der Waals surface area contributed by atoms with Crippen LogP contribution in [0.15, 0.2) is 30.5 Å². The number of hydrogen-bond acceptors (Lipinski definition) is 7. The second-order valence-electron chi connectivity index (χ2n) is 13.3. The molecule has 4 aliphatic heterocycles. The molecule has 0 saturated carbocycles. The predicted octanol–water partition coefficient (Wildman–Crippen LogP) is 1.83. The highest BCUT2D eigenvalue weighted by molar-refractivity contribution is 6.00. The van der Waals surface area contributed by atoms with Crippen molar-refractivity contribution in [2.45, 2.75) is 82.9 Å². The molecule has 3 fully saturated rings. The second kappa shape index (κ2) is 9.12. The van der Waals surface area contributed by atoms with E-state index < -0.39 is 47.7 Å². The number of aliphatic hydroxyl groups excluding tert-OH is 1. The van der Waals surface area contributed by atoms with E-state index in [4.69, 9.17) is 4.74 Å². The van der Waals surface area contributed by atoms with E-state index in [-0.39, 0.29) is 17.9 Å².